The van der Waals surface area contributed by atoms with E-state index in [1.807, 2.05) is 43.3 Å². The molecule has 5 nitrogen and oxygen atoms in total. The zero-order valence-electron chi connectivity index (χ0n) is 15.9. The summed E-state index contributed by atoms with van der Waals surface area (Å²) in [6.07, 6.45) is 0. The van der Waals surface area contributed by atoms with E-state index in [0.717, 1.165) is 29.4 Å². The summed E-state index contributed by atoms with van der Waals surface area (Å²) in [6, 6.07) is 13.0. The van der Waals surface area contributed by atoms with Crippen LogP contribution in [0.15, 0.2) is 55.9 Å². The first-order valence-corrected chi connectivity index (χ1v) is 11.8. The summed E-state index contributed by atoms with van der Waals surface area (Å²) in [5, 5.41) is 3.22. The Labute approximate surface area is 203 Å². The van der Waals surface area contributed by atoms with Crippen molar-refractivity contribution in [2.75, 3.05) is 19.0 Å². The van der Waals surface area contributed by atoms with Gasteiger partial charge in [0, 0.05) is 19.4 Å². The first kappa shape index (κ1) is 23.0. The average molecular weight is 618 g/mol. The van der Waals surface area contributed by atoms with Crippen LogP contribution in [0.1, 0.15) is 15.2 Å². The van der Waals surface area contributed by atoms with E-state index in [4.69, 9.17) is 9.47 Å². The number of benzene rings is 2. The second-order valence-electron chi connectivity index (χ2n) is 6.15. The highest BCUT2D eigenvalue weighted by atomic mass is 79.9. The smallest absolute Gasteiger partial charge is 0.341 e. The lowest BCUT2D eigenvalue weighted by Crippen LogP contribution is -2.21. The molecule has 30 heavy (non-hydrogen) atoms. The van der Waals surface area contributed by atoms with Crippen LogP contribution in [0.5, 0.6) is 5.75 Å². The normalized spacial score (nSPS) is 10.6. The van der Waals surface area contributed by atoms with Gasteiger partial charge in [-0.3, -0.25) is 4.79 Å². The van der Waals surface area contributed by atoms with Gasteiger partial charge < -0.3 is 14.8 Å². The van der Waals surface area contributed by atoms with E-state index in [0.29, 0.717) is 16.3 Å². The van der Waals surface area contributed by atoms with E-state index in [1.54, 1.807) is 6.07 Å². The predicted octanol–water partition coefficient (Wildman–Crippen LogP) is 6.82. The third-order valence-electron chi connectivity index (χ3n) is 4.11. The second kappa shape index (κ2) is 10.1. The van der Waals surface area contributed by atoms with Crippen LogP contribution < -0.4 is 10.1 Å². The Balaban J connectivity index is 1.84. The highest BCUT2D eigenvalue weighted by Gasteiger charge is 2.25. The standard InChI is InChI=1S/C21H16Br3NO4S/c1-11-18(12-3-5-13(22)6-4-12)19(21(27)28-2)20(30-11)25-17(26)10-29-16-8-7-14(23)9-15(16)24/h3-9H,10H2,1-2H3,(H,25,26). The Bertz CT molecular complexity index is 1100. The molecule has 1 amide bonds. The van der Waals surface area contributed by atoms with E-state index in [2.05, 4.69) is 53.1 Å². The van der Waals surface area contributed by atoms with E-state index in [-0.39, 0.29) is 12.5 Å². The number of anilines is 1. The average Bonchev–Trinajstić information content (AvgIpc) is 3.03. The highest BCUT2D eigenvalue weighted by molar-refractivity contribution is 9.11. The van der Waals surface area contributed by atoms with Gasteiger partial charge in [0.25, 0.3) is 5.91 Å². The zero-order valence-corrected chi connectivity index (χ0v) is 21.5. The highest BCUT2D eigenvalue weighted by Crippen LogP contribution is 2.40. The van der Waals surface area contributed by atoms with Crippen LogP contribution in [0.2, 0.25) is 0 Å². The largest absolute Gasteiger partial charge is 0.483 e. The minimum absolute atomic E-state index is 0.203. The quantitative estimate of drug-likeness (QED) is 0.309. The summed E-state index contributed by atoms with van der Waals surface area (Å²) in [4.78, 5) is 25.9. The Hall–Kier alpha value is -1.68. The maximum atomic E-state index is 12.5. The molecule has 0 bridgehead atoms. The Kier molecular flexibility index (Phi) is 7.73. The number of amides is 1. The molecule has 0 saturated carbocycles. The van der Waals surface area contributed by atoms with Crippen molar-refractivity contribution >= 4 is 76.0 Å². The molecular weight excluding hydrogens is 602 g/mol. The fourth-order valence-electron chi connectivity index (χ4n) is 2.79. The van der Waals surface area contributed by atoms with Crippen molar-refractivity contribution < 1.29 is 19.1 Å². The molecule has 2 aromatic carbocycles. The maximum Gasteiger partial charge on any atom is 0.341 e. The number of aryl methyl sites for hydroxylation is 1. The van der Waals surface area contributed by atoms with Gasteiger partial charge in [0.2, 0.25) is 0 Å². The van der Waals surface area contributed by atoms with Crippen LogP contribution in [-0.2, 0) is 9.53 Å². The van der Waals surface area contributed by atoms with Crippen LogP contribution in [0.25, 0.3) is 11.1 Å². The molecule has 0 spiro atoms. The predicted molar refractivity (Wildman–Crippen MR) is 129 cm³/mol. The topological polar surface area (TPSA) is 64.6 Å². The summed E-state index contributed by atoms with van der Waals surface area (Å²) < 4.78 is 13.1. The minimum Gasteiger partial charge on any atom is -0.483 e. The number of methoxy groups -OCH3 is 1. The van der Waals surface area contributed by atoms with Gasteiger partial charge in [0.15, 0.2) is 6.61 Å². The van der Waals surface area contributed by atoms with Gasteiger partial charge in [0.1, 0.15) is 16.3 Å². The molecule has 0 aliphatic rings. The van der Waals surface area contributed by atoms with Crippen molar-refractivity contribution in [2.45, 2.75) is 6.92 Å². The number of nitrogens with one attached hydrogen (secondary N) is 1. The second-order valence-corrected chi connectivity index (χ2v) is 10.1. The van der Waals surface area contributed by atoms with Gasteiger partial charge in [-0.25, -0.2) is 4.79 Å². The van der Waals surface area contributed by atoms with E-state index in [1.165, 1.54) is 18.4 Å². The van der Waals surface area contributed by atoms with Gasteiger partial charge in [-0.2, -0.15) is 0 Å². The van der Waals surface area contributed by atoms with Crippen LogP contribution >= 0.6 is 59.1 Å². The molecule has 156 valence electrons. The van der Waals surface area contributed by atoms with Gasteiger partial charge in [-0.1, -0.05) is 44.0 Å². The number of carbonyl (C=O) groups is 2. The lowest BCUT2D eigenvalue weighted by atomic mass is 10.0. The van der Waals surface area contributed by atoms with Crippen LogP contribution in [0.4, 0.5) is 5.00 Å². The molecule has 1 N–H and O–H groups in total. The molecule has 1 heterocycles. The van der Waals surface area contributed by atoms with E-state index >= 15 is 0 Å². The number of carbonyl (C=O) groups excluding carboxylic acids is 2. The van der Waals surface area contributed by atoms with Crippen molar-refractivity contribution in [2.24, 2.45) is 0 Å². The minimum atomic E-state index is -0.510. The Morgan fingerprint density at radius 3 is 2.33 bits per heavy atom. The summed E-state index contributed by atoms with van der Waals surface area (Å²) in [6.45, 7) is 1.70. The Morgan fingerprint density at radius 1 is 1.03 bits per heavy atom. The first-order chi connectivity index (χ1) is 14.3. The molecule has 0 unspecified atom stereocenters. The first-order valence-electron chi connectivity index (χ1n) is 8.65. The van der Waals surface area contributed by atoms with Gasteiger partial charge in [-0.05, 0) is 58.7 Å². The summed E-state index contributed by atoms with van der Waals surface area (Å²) in [5.41, 5.74) is 1.94. The number of ether oxygens (including phenoxy) is 2. The van der Waals surface area contributed by atoms with Crippen LogP contribution in [0, 0.1) is 6.92 Å². The number of hydrogen-bond acceptors (Lipinski definition) is 5. The van der Waals surface area contributed by atoms with Crippen molar-refractivity contribution in [1.29, 1.82) is 0 Å². The molecule has 0 aliphatic heterocycles. The SMILES string of the molecule is COC(=O)c1c(NC(=O)COc2ccc(Br)cc2Br)sc(C)c1-c1ccc(Br)cc1. The van der Waals surface area contributed by atoms with Crippen LogP contribution in [0.3, 0.4) is 0 Å². The fraction of sp³-hybridized carbons (Fsp3) is 0.143. The summed E-state index contributed by atoms with van der Waals surface area (Å²) in [5.74, 6) is -0.345. The van der Waals surface area contributed by atoms with Gasteiger partial charge >= 0.3 is 5.97 Å². The van der Waals surface area contributed by atoms with Crippen molar-refractivity contribution in [3.63, 3.8) is 0 Å². The number of hydrogen-bond donors (Lipinski definition) is 1. The lowest BCUT2D eigenvalue weighted by molar-refractivity contribution is -0.118. The number of rotatable bonds is 6. The van der Waals surface area contributed by atoms with Crippen molar-refractivity contribution in [3.8, 4) is 16.9 Å². The lowest BCUT2D eigenvalue weighted by Gasteiger charge is -2.10. The molecule has 0 aliphatic carbocycles. The molecule has 0 fully saturated rings. The number of esters is 1. The number of thiophene rings is 1. The van der Waals surface area contributed by atoms with Crippen molar-refractivity contribution in [3.05, 3.63) is 66.3 Å². The number of halogens is 3. The molecule has 3 rings (SSSR count). The van der Waals surface area contributed by atoms with E-state index in [9.17, 15) is 9.59 Å². The van der Waals surface area contributed by atoms with Gasteiger partial charge in [0.05, 0.1) is 11.6 Å². The van der Waals surface area contributed by atoms with Crippen LogP contribution in [-0.4, -0.2) is 25.6 Å². The summed E-state index contributed by atoms with van der Waals surface area (Å²) >= 11 is 11.5. The Morgan fingerprint density at radius 2 is 1.70 bits per heavy atom. The monoisotopic (exact) mass is 615 g/mol. The molecule has 0 saturated heterocycles. The maximum absolute atomic E-state index is 12.5. The fourth-order valence-corrected chi connectivity index (χ4v) is 5.30. The molecule has 9 heteroatoms. The van der Waals surface area contributed by atoms with E-state index < -0.39 is 5.97 Å². The summed E-state index contributed by atoms with van der Waals surface area (Å²) in [7, 11) is 1.32. The molecule has 3 aromatic rings. The third-order valence-corrected chi connectivity index (χ3v) is 6.77. The molecule has 1 aromatic heterocycles. The molecular formula is C21H16Br3NO4S. The van der Waals surface area contributed by atoms with Crippen molar-refractivity contribution in [1.82, 2.24) is 0 Å². The van der Waals surface area contributed by atoms with Gasteiger partial charge in [-0.15, -0.1) is 11.3 Å². The third kappa shape index (κ3) is 5.32. The molecule has 0 radical (unpaired) electrons. The molecule has 0 atom stereocenters. The zero-order chi connectivity index (χ0) is 21.8.